The Bertz CT molecular complexity index is 820. The van der Waals surface area contributed by atoms with E-state index >= 15 is 0 Å². The highest BCUT2D eigenvalue weighted by molar-refractivity contribution is 5.89. The average Bonchev–Trinajstić information content (AvgIpc) is 3.01. The molecule has 146 valence electrons. The van der Waals surface area contributed by atoms with Crippen LogP contribution >= 0.6 is 0 Å². The van der Waals surface area contributed by atoms with E-state index in [-0.39, 0.29) is 25.3 Å². The van der Waals surface area contributed by atoms with Gasteiger partial charge < -0.3 is 20.1 Å². The fraction of sp³-hybridized carbons (Fsp3) is 0.412. The van der Waals surface area contributed by atoms with Gasteiger partial charge in [0.25, 0.3) is 0 Å². The lowest BCUT2D eigenvalue weighted by atomic mass is 10.1. The van der Waals surface area contributed by atoms with E-state index in [1.165, 1.54) is 11.8 Å². The van der Waals surface area contributed by atoms with Crippen molar-refractivity contribution in [2.75, 3.05) is 25.6 Å². The van der Waals surface area contributed by atoms with Gasteiger partial charge in [0.05, 0.1) is 26.9 Å². The van der Waals surface area contributed by atoms with Gasteiger partial charge in [-0.25, -0.2) is 4.79 Å². The van der Waals surface area contributed by atoms with Gasteiger partial charge in [-0.15, -0.1) is 0 Å². The molecule has 1 aliphatic rings. The Balaban J connectivity index is 1.60. The number of benzene rings is 1. The number of aromatic nitrogens is 2. The number of hydrogen-bond donors (Lipinski definition) is 2. The lowest BCUT2D eigenvalue weighted by molar-refractivity contribution is -0.142. The van der Waals surface area contributed by atoms with Crippen molar-refractivity contribution in [3.63, 3.8) is 0 Å². The summed E-state index contributed by atoms with van der Waals surface area (Å²) in [5.41, 5.74) is 0.205. The van der Waals surface area contributed by atoms with Gasteiger partial charge in [-0.1, -0.05) is 6.07 Å². The lowest BCUT2D eigenvalue weighted by Crippen LogP contribution is -2.32. The molecule has 0 fully saturated rings. The summed E-state index contributed by atoms with van der Waals surface area (Å²) >= 11 is 0. The predicted octanol–water partition coefficient (Wildman–Crippen LogP) is 2.80. The van der Waals surface area contributed by atoms with E-state index in [9.17, 15) is 18.0 Å². The van der Waals surface area contributed by atoms with Crippen molar-refractivity contribution in [2.24, 2.45) is 0 Å². The normalized spacial score (nSPS) is 13.8. The number of hydrogen-bond acceptors (Lipinski definition) is 4. The van der Waals surface area contributed by atoms with Crippen LogP contribution in [-0.4, -0.2) is 36.1 Å². The Morgan fingerprint density at radius 2 is 2.22 bits per heavy atom. The van der Waals surface area contributed by atoms with E-state index in [0.29, 0.717) is 30.2 Å². The molecule has 0 radical (unpaired) electrons. The summed E-state index contributed by atoms with van der Waals surface area (Å²) in [7, 11) is 1.52. The van der Waals surface area contributed by atoms with E-state index in [4.69, 9.17) is 9.47 Å². The number of fused-ring (bicyclic) bond motifs is 1. The van der Waals surface area contributed by atoms with Crippen LogP contribution in [-0.2, 0) is 30.5 Å². The molecule has 2 amide bonds. The maximum absolute atomic E-state index is 13.1. The topological polar surface area (TPSA) is 77.4 Å². The van der Waals surface area contributed by atoms with Gasteiger partial charge in [0.1, 0.15) is 5.75 Å². The number of rotatable bonds is 5. The van der Waals surface area contributed by atoms with E-state index in [1.54, 1.807) is 24.3 Å². The Morgan fingerprint density at radius 1 is 1.41 bits per heavy atom. The second-order valence-corrected chi connectivity index (χ2v) is 5.91. The van der Waals surface area contributed by atoms with Crippen molar-refractivity contribution in [3.8, 4) is 5.75 Å². The molecule has 1 aromatic carbocycles. The fourth-order valence-corrected chi connectivity index (χ4v) is 2.87. The third-order valence-corrected chi connectivity index (χ3v) is 4.10. The third kappa shape index (κ3) is 4.51. The van der Waals surface area contributed by atoms with E-state index in [1.807, 2.05) is 0 Å². The molecule has 2 heterocycles. The number of amides is 2. The first-order valence-electron chi connectivity index (χ1n) is 8.31. The first-order valence-corrected chi connectivity index (χ1v) is 8.31. The number of anilines is 1. The average molecular weight is 384 g/mol. The number of alkyl halides is 3. The Morgan fingerprint density at radius 3 is 2.96 bits per heavy atom. The minimum absolute atomic E-state index is 0.0783. The number of nitrogens with zero attached hydrogens (tertiary/aromatic N) is 2. The minimum atomic E-state index is -4.53. The molecule has 3 rings (SSSR count). The highest BCUT2D eigenvalue weighted by Gasteiger charge is 2.39. The maximum atomic E-state index is 13.1. The lowest BCUT2D eigenvalue weighted by Gasteiger charge is -2.15. The summed E-state index contributed by atoms with van der Waals surface area (Å²) in [5.74, 6) is 0.595. The van der Waals surface area contributed by atoms with Crippen molar-refractivity contribution >= 4 is 11.7 Å². The van der Waals surface area contributed by atoms with Crippen LogP contribution in [0.3, 0.4) is 0 Å². The Kier molecular flexibility index (Phi) is 5.54. The number of nitrogens with one attached hydrogen (secondary N) is 2. The molecule has 0 bridgehead atoms. The van der Waals surface area contributed by atoms with Crippen molar-refractivity contribution in [1.82, 2.24) is 15.1 Å². The molecule has 0 aliphatic carbocycles. The van der Waals surface area contributed by atoms with Crippen LogP contribution in [0.4, 0.5) is 23.7 Å². The largest absolute Gasteiger partial charge is 0.497 e. The first kappa shape index (κ1) is 19.0. The number of methoxy groups -OCH3 is 1. The molecule has 0 atom stereocenters. The van der Waals surface area contributed by atoms with Crippen molar-refractivity contribution in [3.05, 3.63) is 41.2 Å². The van der Waals surface area contributed by atoms with E-state index in [0.717, 1.165) is 0 Å². The number of halogens is 3. The maximum Gasteiger partial charge on any atom is 0.435 e. The van der Waals surface area contributed by atoms with Gasteiger partial charge in [-0.05, 0) is 12.1 Å². The van der Waals surface area contributed by atoms with Crippen LogP contribution < -0.4 is 15.4 Å². The number of urea groups is 1. The molecule has 7 nitrogen and oxygen atoms in total. The van der Waals surface area contributed by atoms with Crippen LogP contribution in [0, 0.1) is 0 Å². The van der Waals surface area contributed by atoms with Crippen LogP contribution in [0.1, 0.15) is 17.0 Å². The summed E-state index contributed by atoms with van der Waals surface area (Å²) in [4.78, 5) is 12.0. The molecule has 0 saturated heterocycles. The van der Waals surface area contributed by atoms with Gasteiger partial charge >= 0.3 is 12.2 Å². The van der Waals surface area contributed by atoms with Gasteiger partial charge in [-0.3, -0.25) is 4.68 Å². The van der Waals surface area contributed by atoms with Gasteiger partial charge in [0.2, 0.25) is 0 Å². The highest BCUT2D eigenvalue weighted by atomic mass is 19.4. The summed E-state index contributed by atoms with van der Waals surface area (Å²) in [6, 6.07) is 6.35. The number of ether oxygens (including phenoxy) is 2. The molecule has 0 spiro atoms. The van der Waals surface area contributed by atoms with Crippen molar-refractivity contribution in [1.29, 1.82) is 0 Å². The SMILES string of the molecule is COc1cccc(NC(=O)NCCn2nc(C(F)(F)F)c3c2CCOC3)c1. The van der Waals surface area contributed by atoms with E-state index < -0.39 is 17.9 Å². The second-order valence-electron chi connectivity index (χ2n) is 5.91. The zero-order chi connectivity index (χ0) is 19.4. The van der Waals surface area contributed by atoms with Crippen LogP contribution in [0.2, 0.25) is 0 Å². The zero-order valence-corrected chi connectivity index (χ0v) is 14.6. The number of carbonyl (C=O) groups is 1. The van der Waals surface area contributed by atoms with Crippen molar-refractivity contribution in [2.45, 2.75) is 25.7 Å². The fourth-order valence-electron chi connectivity index (χ4n) is 2.87. The second kappa shape index (κ2) is 7.87. The smallest absolute Gasteiger partial charge is 0.435 e. The predicted molar refractivity (Wildman–Crippen MR) is 90.6 cm³/mol. The zero-order valence-electron chi connectivity index (χ0n) is 14.6. The molecular formula is C17H19F3N4O3. The van der Waals surface area contributed by atoms with Crippen LogP contribution in [0.5, 0.6) is 5.75 Å². The molecular weight excluding hydrogens is 365 g/mol. The molecule has 2 aromatic rings. The molecule has 27 heavy (non-hydrogen) atoms. The van der Waals surface area contributed by atoms with E-state index in [2.05, 4.69) is 15.7 Å². The van der Waals surface area contributed by atoms with Crippen molar-refractivity contribution < 1.29 is 27.4 Å². The van der Waals surface area contributed by atoms with Gasteiger partial charge in [0.15, 0.2) is 5.69 Å². The standard InChI is InChI=1S/C17H19F3N4O3/c1-26-12-4-2-3-11(9-12)22-16(25)21-6-7-24-14-5-8-27-10-13(14)15(23-24)17(18,19)20/h2-4,9H,5-8,10H2,1H3,(H2,21,22,25). The third-order valence-electron chi connectivity index (χ3n) is 4.10. The minimum Gasteiger partial charge on any atom is -0.497 e. The van der Waals surface area contributed by atoms with Gasteiger partial charge in [0, 0.05) is 36.0 Å². The monoisotopic (exact) mass is 384 g/mol. The summed E-state index contributed by atoms with van der Waals surface area (Å²) < 4.78 is 50.9. The molecule has 10 heteroatoms. The molecule has 2 N–H and O–H groups in total. The Labute approximate surface area is 153 Å². The molecule has 1 aliphatic heterocycles. The quantitative estimate of drug-likeness (QED) is 0.831. The summed E-state index contributed by atoms with van der Waals surface area (Å²) in [5, 5.41) is 8.93. The highest BCUT2D eigenvalue weighted by Crippen LogP contribution is 2.34. The number of carbonyl (C=O) groups excluding carboxylic acids is 1. The van der Waals surface area contributed by atoms with Gasteiger partial charge in [-0.2, -0.15) is 18.3 Å². The van der Waals surface area contributed by atoms with Crippen LogP contribution in [0.25, 0.3) is 0 Å². The first-order chi connectivity index (χ1) is 12.9. The molecule has 0 unspecified atom stereocenters. The molecule has 0 saturated carbocycles. The Hall–Kier alpha value is -2.75. The summed E-state index contributed by atoms with van der Waals surface area (Å²) in [6.07, 6.45) is -4.18. The summed E-state index contributed by atoms with van der Waals surface area (Å²) in [6.45, 7) is 0.500. The molecule has 1 aromatic heterocycles. The van der Waals surface area contributed by atoms with Crippen LogP contribution in [0.15, 0.2) is 24.3 Å².